The van der Waals surface area contributed by atoms with E-state index in [1.54, 1.807) is 0 Å². The van der Waals surface area contributed by atoms with E-state index in [2.05, 4.69) is 10.4 Å². The van der Waals surface area contributed by atoms with Gasteiger partial charge in [0.15, 0.2) is 0 Å². The molecule has 4 nitrogen and oxygen atoms in total. The van der Waals surface area contributed by atoms with Crippen molar-refractivity contribution in [3.8, 4) is 0 Å². The highest BCUT2D eigenvalue weighted by Gasteiger charge is 2.43. The molecule has 20 heavy (non-hydrogen) atoms. The topological polar surface area (TPSA) is 46.9 Å². The van der Waals surface area contributed by atoms with E-state index >= 15 is 0 Å². The van der Waals surface area contributed by atoms with Gasteiger partial charge in [0.2, 0.25) is 5.91 Å². The van der Waals surface area contributed by atoms with Crippen LogP contribution in [0.4, 0.5) is 5.82 Å². The number of hydrogen-bond acceptors (Lipinski definition) is 2. The molecule has 1 aromatic heterocycles. The molecule has 1 N–H and O–H groups in total. The Morgan fingerprint density at radius 1 is 1.20 bits per heavy atom. The molecular formula is C16H23N3O. The van der Waals surface area contributed by atoms with Gasteiger partial charge in [0.05, 0.1) is 12.2 Å². The van der Waals surface area contributed by atoms with Gasteiger partial charge in [0.25, 0.3) is 0 Å². The molecule has 1 amide bonds. The fraction of sp³-hybridized carbons (Fsp3) is 0.750. The molecule has 0 spiro atoms. The Morgan fingerprint density at radius 2 is 2.05 bits per heavy atom. The second kappa shape index (κ2) is 4.90. The lowest BCUT2D eigenvalue weighted by Gasteiger charge is -2.22. The number of nitrogens with zero attached hydrogens (tertiary/aromatic N) is 2. The third-order valence-corrected chi connectivity index (χ3v) is 5.67. The van der Waals surface area contributed by atoms with E-state index in [-0.39, 0.29) is 11.8 Å². The van der Waals surface area contributed by atoms with E-state index < -0.39 is 0 Å². The van der Waals surface area contributed by atoms with Gasteiger partial charge in [-0.05, 0) is 43.9 Å². The Bertz CT molecular complexity index is 504. The highest BCUT2D eigenvalue weighted by atomic mass is 16.2. The van der Waals surface area contributed by atoms with Crippen LogP contribution in [0.3, 0.4) is 0 Å². The molecule has 0 saturated heterocycles. The predicted octanol–water partition coefficient (Wildman–Crippen LogP) is 3.37. The van der Waals surface area contributed by atoms with Crippen LogP contribution in [-0.4, -0.2) is 15.7 Å². The van der Waals surface area contributed by atoms with Crippen molar-refractivity contribution in [2.24, 2.45) is 17.8 Å². The Morgan fingerprint density at radius 3 is 2.75 bits per heavy atom. The van der Waals surface area contributed by atoms with Crippen LogP contribution in [0, 0.1) is 17.8 Å². The van der Waals surface area contributed by atoms with E-state index in [0.29, 0.717) is 12.0 Å². The lowest BCUT2D eigenvalue weighted by Crippen LogP contribution is -2.28. The summed E-state index contributed by atoms with van der Waals surface area (Å²) < 4.78 is 2.04. The fourth-order valence-electron chi connectivity index (χ4n) is 4.64. The van der Waals surface area contributed by atoms with Crippen molar-refractivity contribution in [2.45, 2.75) is 57.4 Å². The van der Waals surface area contributed by atoms with E-state index in [1.807, 2.05) is 16.9 Å². The Labute approximate surface area is 119 Å². The number of amides is 1. The zero-order chi connectivity index (χ0) is 13.5. The quantitative estimate of drug-likeness (QED) is 0.917. The van der Waals surface area contributed by atoms with Crippen LogP contribution in [0.5, 0.6) is 0 Å². The zero-order valence-corrected chi connectivity index (χ0v) is 11.9. The summed E-state index contributed by atoms with van der Waals surface area (Å²) in [5, 5.41) is 7.58. The molecule has 3 aliphatic carbocycles. The molecule has 3 atom stereocenters. The van der Waals surface area contributed by atoms with Crippen LogP contribution in [0.25, 0.3) is 0 Å². The van der Waals surface area contributed by atoms with Crippen molar-refractivity contribution in [3.63, 3.8) is 0 Å². The molecule has 3 aliphatic rings. The molecule has 0 radical (unpaired) electrons. The first-order valence-electron chi connectivity index (χ1n) is 8.15. The smallest absolute Gasteiger partial charge is 0.228 e. The molecule has 3 fully saturated rings. The molecule has 3 saturated carbocycles. The van der Waals surface area contributed by atoms with Crippen LogP contribution in [0.15, 0.2) is 12.3 Å². The number of hydrogen-bond donors (Lipinski definition) is 1. The monoisotopic (exact) mass is 273 g/mol. The molecule has 2 bridgehead atoms. The molecule has 1 heterocycles. The zero-order valence-electron chi connectivity index (χ0n) is 11.9. The maximum atomic E-state index is 12.5. The van der Waals surface area contributed by atoms with Crippen LogP contribution < -0.4 is 5.32 Å². The average Bonchev–Trinajstić information content (AvgIpc) is 3.22. The largest absolute Gasteiger partial charge is 0.311 e. The van der Waals surface area contributed by atoms with Crippen LogP contribution in [0.2, 0.25) is 0 Å². The Hall–Kier alpha value is -1.32. The van der Waals surface area contributed by atoms with E-state index in [0.717, 1.165) is 18.2 Å². The van der Waals surface area contributed by atoms with E-state index in [1.165, 1.54) is 44.9 Å². The molecule has 0 aromatic carbocycles. The normalized spacial score (nSPS) is 32.9. The number of carbonyl (C=O) groups is 1. The average molecular weight is 273 g/mol. The summed E-state index contributed by atoms with van der Waals surface area (Å²) in [4.78, 5) is 12.5. The van der Waals surface area contributed by atoms with Crippen LogP contribution in [0.1, 0.15) is 57.4 Å². The third kappa shape index (κ3) is 2.05. The molecule has 4 heteroatoms. The molecule has 108 valence electrons. The lowest BCUT2D eigenvalue weighted by molar-refractivity contribution is -0.121. The number of nitrogens with one attached hydrogen (secondary N) is 1. The van der Waals surface area contributed by atoms with Gasteiger partial charge in [0.1, 0.15) is 5.82 Å². The summed E-state index contributed by atoms with van der Waals surface area (Å²) in [7, 11) is 0. The van der Waals surface area contributed by atoms with Crippen molar-refractivity contribution >= 4 is 11.7 Å². The van der Waals surface area contributed by atoms with Gasteiger partial charge in [-0.2, -0.15) is 5.10 Å². The molecule has 0 unspecified atom stereocenters. The van der Waals surface area contributed by atoms with Gasteiger partial charge >= 0.3 is 0 Å². The lowest BCUT2D eigenvalue weighted by atomic mass is 9.88. The number of aromatic nitrogens is 2. The Kier molecular flexibility index (Phi) is 3.04. The van der Waals surface area contributed by atoms with Crippen molar-refractivity contribution in [2.75, 3.05) is 5.32 Å². The maximum Gasteiger partial charge on any atom is 0.228 e. The number of carbonyl (C=O) groups excluding carboxylic acids is 1. The highest BCUT2D eigenvalue weighted by Crippen LogP contribution is 2.48. The minimum atomic E-state index is 0.233. The summed E-state index contributed by atoms with van der Waals surface area (Å²) in [6.07, 6.45) is 11.7. The SMILES string of the molecule is O=C(Nc1ccnn1C1CCCC1)[C@@H]1C[C@H]2CC[C@H]1C2. The molecule has 0 aliphatic heterocycles. The first kappa shape index (κ1) is 12.4. The first-order valence-corrected chi connectivity index (χ1v) is 8.15. The molecule has 4 rings (SSSR count). The maximum absolute atomic E-state index is 12.5. The minimum absolute atomic E-state index is 0.233. The van der Waals surface area contributed by atoms with Gasteiger partial charge in [-0.25, -0.2) is 4.68 Å². The van der Waals surface area contributed by atoms with Gasteiger partial charge in [0, 0.05) is 12.0 Å². The number of fused-ring (bicyclic) bond motifs is 2. The van der Waals surface area contributed by atoms with Crippen molar-refractivity contribution in [1.82, 2.24) is 9.78 Å². The summed E-state index contributed by atoms with van der Waals surface area (Å²) in [6.45, 7) is 0. The minimum Gasteiger partial charge on any atom is -0.311 e. The first-order chi connectivity index (χ1) is 9.81. The Balaban J connectivity index is 1.46. The summed E-state index contributed by atoms with van der Waals surface area (Å²) >= 11 is 0. The number of rotatable bonds is 3. The third-order valence-electron chi connectivity index (χ3n) is 5.67. The number of anilines is 1. The van der Waals surface area contributed by atoms with Crippen LogP contribution >= 0.6 is 0 Å². The predicted molar refractivity (Wildman–Crippen MR) is 77.3 cm³/mol. The summed E-state index contributed by atoms with van der Waals surface area (Å²) in [5.74, 6) is 2.85. The van der Waals surface area contributed by atoms with E-state index in [4.69, 9.17) is 0 Å². The van der Waals surface area contributed by atoms with E-state index in [9.17, 15) is 4.79 Å². The van der Waals surface area contributed by atoms with Gasteiger partial charge in [-0.15, -0.1) is 0 Å². The van der Waals surface area contributed by atoms with Gasteiger partial charge in [-0.1, -0.05) is 19.3 Å². The fourth-order valence-corrected chi connectivity index (χ4v) is 4.64. The second-order valence-corrected chi connectivity index (χ2v) is 6.87. The summed E-state index contributed by atoms with van der Waals surface area (Å²) in [6, 6.07) is 2.43. The van der Waals surface area contributed by atoms with Crippen molar-refractivity contribution in [1.29, 1.82) is 0 Å². The summed E-state index contributed by atoms with van der Waals surface area (Å²) in [5.41, 5.74) is 0. The highest BCUT2D eigenvalue weighted by molar-refractivity contribution is 5.92. The molecular weight excluding hydrogens is 250 g/mol. The van der Waals surface area contributed by atoms with Gasteiger partial charge in [-0.3, -0.25) is 4.79 Å². The van der Waals surface area contributed by atoms with Crippen molar-refractivity contribution in [3.05, 3.63) is 12.3 Å². The second-order valence-electron chi connectivity index (χ2n) is 6.87. The van der Waals surface area contributed by atoms with Crippen LogP contribution in [-0.2, 0) is 4.79 Å². The van der Waals surface area contributed by atoms with Crippen molar-refractivity contribution < 1.29 is 4.79 Å². The van der Waals surface area contributed by atoms with Gasteiger partial charge < -0.3 is 5.32 Å². The molecule has 1 aromatic rings. The standard InChI is InChI=1S/C16H23N3O/c20-16(14-10-11-5-6-12(14)9-11)18-15-7-8-17-19(15)13-3-1-2-4-13/h7-8,11-14H,1-6,9-10H2,(H,18,20)/t11-,12-,14+/m0/s1.